The van der Waals surface area contributed by atoms with Crippen molar-refractivity contribution in [3.63, 3.8) is 0 Å². The fraction of sp³-hybridized carbons (Fsp3) is 0.267. The minimum Gasteiger partial charge on any atom is -0.352 e. The Morgan fingerprint density at radius 2 is 1.95 bits per heavy atom. The molecule has 0 aliphatic heterocycles. The number of amides is 1. The molecule has 1 atom stereocenters. The molecule has 0 aliphatic rings. The fourth-order valence-electron chi connectivity index (χ4n) is 1.97. The van der Waals surface area contributed by atoms with E-state index in [1.54, 1.807) is 24.3 Å². The van der Waals surface area contributed by atoms with E-state index in [-0.39, 0.29) is 17.8 Å². The number of carbonyl (C=O) groups is 1. The van der Waals surface area contributed by atoms with Crippen molar-refractivity contribution < 1.29 is 9.18 Å². The summed E-state index contributed by atoms with van der Waals surface area (Å²) in [6, 6.07) is 9.85. The lowest BCUT2D eigenvalue weighted by Crippen LogP contribution is -2.29. The van der Waals surface area contributed by atoms with Gasteiger partial charge in [0.15, 0.2) is 0 Å². The first kappa shape index (κ1) is 13.5. The largest absolute Gasteiger partial charge is 0.352 e. The van der Waals surface area contributed by atoms with Crippen molar-refractivity contribution in [3.05, 3.63) is 47.8 Å². The maximum atomic E-state index is 13.6. The highest BCUT2D eigenvalue weighted by Crippen LogP contribution is 2.21. The van der Waals surface area contributed by atoms with Gasteiger partial charge in [0.1, 0.15) is 5.82 Å². The Balaban J connectivity index is 2.25. The molecule has 100 valence electrons. The highest BCUT2D eigenvalue weighted by Gasteiger charge is 2.11. The molecule has 0 saturated carbocycles. The summed E-state index contributed by atoms with van der Waals surface area (Å²) in [6.45, 7) is 2.40. The van der Waals surface area contributed by atoms with Crippen LogP contribution in [-0.4, -0.2) is 18.5 Å². The number of fused-ring (bicyclic) bond motifs is 1. The Labute approximate surface area is 111 Å². The lowest BCUT2D eigenvalue weighted by molar-refractivity contribution is 0.0954. The molecule has 2 rings (SSSR count). The number of rotatable bonds is 4. The molecule has 0 bridgehead atoms. The van der Waals surface area contributed by atoms with Gasteiger partial charge in [-0.2, -0.15) is 0 Å². The summed E-state index contributed by atoms with van der Waals surface area (Å²) < 4.78 is 13.6. The van der Waals surface area contributed by atoms with E-state index in [0.717, 1.165) is 0 Å². The molecule has 0 aromatic heterocycles. The molecule has 19 heavy (non-hydrogen) atoms. The van der Waals surface area contributed by atoms with E-state index >= 15 is 0 Å². The first-order valence-corrected chi connectivity index (χ1v) is 6.30. The third-order valence-electron chi connectivity index (χ3n) is 3.00. The third kappa shape index (κ3) is 3.09. The second kappa shape index (κ2) is 5.80. The van der Waals surface area contributed by atoms with Gasteiger partial charge >= 0.3 is 0 Å². The van der Waals surface area contributed by atoms with Crippen LogP contribution in [0.5, 0.6) is 0 Å². The number of hydrogen-bond donors (Lipinski definition) is 2. The van der Waals surface area contributed by atoms with E-state index in [4.69, 9.17) is 5.73 Å². The topological polar surface area (TPSA) is 55.1 Å². The van der Waals surface area contributed by atoms with Crippen LogP contribution in [0.4, 0.5) is 4.39 Å². The van der Waals surface area contributed by atoms with Gasteiger partial charge in [-0.15, -0.1) is 0 Å². The van der Waals surface area contributed by atoms with Crippen LogP contribution in [0.3, 0.4) is 0 Å². The first-order valence-electron chi connectivity index (χ1n) is 6.30. The zero-order valence-electron chi connectivity index (χ0n) is 10.8. The summed E-state index contributed by atoms with van der Waals surface area (Å²) in [4.78, 5) is 12.1. The summed E-state index contributed by atoms with van der Waals surface area (Å²) in [5.41, 5.74) is 6.11. The molecule has 0 spiro atoms. The van der Waals surface area contributed by atoms with Crippen molar-refractivity contribution in [1.82, 2.24) is 5.32 Å². The Kier molecular flexibility index (Phi) is 4.12. The highest BCUT2D eigenvalue weighted by molar-refractivity contribution is 6.07. The summed E-state index contributed by atoms with van der Waals surface area (Å²) in [7, 11) is 0. The van der Waals surface area contributed by atoms with Crippen LogP contribution in [0.1, 0.15) is 23.7 Å². The maximum Gasteiger partial charge on any atom is 0.251 e. The molecular formula is C15H17FN2O. The van der Waals surface area contributed by atoms with Crippen molar-refractivity contribution in [2.75, 3.05) is 6.54 Å². The van der Waals surface area contributed by atoms with E-state index < -0.39 is 0 Å². The molecule has 1 unspecified atom stereocenters. The molecule has 3 N–H and O–H groups in total. The fourth-order valence-corrected chi connectivity index (χ4v) is 1.97. The number of halogens is 1. The zero-order chi connectivity index (χ0) is 13.8. The second-order valence-corrected chi connectivity index (χ2v) is 4.66. The van der Waals surface area contributed by atoms with E-state index in [9.17, 15) is 9.18 Å². The average molecular weight is 260 g/mol. The van der Waals surface area contributed by atoms with E-state index in [2.05, 4.69) is 5.32 Å². The Morgan fingerprint density at radius 3 is 2.63 bits per heavy atom. The molecule has 0 fully saturated rings. The molecule has 0 saturated heterocycles. The molecular weight excluding hydrogens is 243 g/mol. The predicted octanol–water partition coefficient (Wildman–Crippen LogP) is 2.45. The van der Waals surface area contributed by atoms with Gasteiger partial charge < -0.3 is 11.1 Å². The highest BCUT2D eigenvalue weighted by atomic mass is 19.1. The van der Waals surface area contributed by atoms with Crippen molar-refractivity contribution in [3.8, 4) is 0 Å². The second-order valence-electron chi connectivity index (χ2n) is 4.66. The first-order chi connectivity index (χ1) is 9.09. The van der Waals surface area contributed by atoms with Gasteiger partial charge in [-0.3, -0.25) is 4.79 Å². The summed E-state index contributed by atoms with van der Waals surface area (Å²) >= 11 is 0. The number of hydrogen-bond acceptors (Lipinski definition) is 2. The Hall–Kier alpha value is -1.94. The minimum atomic E-state index is -0.317. The van der Waals surface area contributed by atoms with Crippen molar-refractivity contribution in [2.24, 2.45) is 5.73 Å². The standard InChI is InChI=1S/C15H17FN2O/c1-10(17)8-9-18-15(19)13-6-7-14(16)12-5-3-2-4-11(12)13/h2-7,10H,8-9,17H2,1H3,(H,18,19). The van der Waals surface area contributed by atoms with Crippen LogP contribution >= 0.6 is 0 Å². The van der Waals surface area contributed by atoms with Gasteiger partial charge in [0.05, 0.1) is 0 Å². The van der Waals surface area contributed by atoms with E-state index in [0.29, 0.717) is 29.3 Å². The Morgan fingerprint density at radius 1 is 1.26 bits per heavy atom. The van der Waals surface area contributed by atoms with Crippen molar-refractivity contribution in [2.45, 2.75) is 19.4 Å². The molecule has 2 aromatic carbocycles. The summed E-state index contributed by atoms with van der Waals surface area (Å²) in [6.07, 6.45) is 0.713. The lowest BCUT2D eigenvalue weighted by Gasteiger charge is -2.09. The van der Waals surface area contributed by atoms with Crippen LogP contribution in [0.2, 0.25) is 0 Å². The van der Waals surface area contributed by atoms with Crippen LogP contribution in [0.15, 0.2) is 36.4 Å². The third-order valence-corrected chi connectivity index (χ3v) is 3.00. The zero-order valence-corrected chi connectivity index (χ0v) is 10.8. The molecule has 0 radical (unpaired) electrons. The van der Waals surface area contributed by atoms with E-state index in [1.807, 2.05) is 6.92 Å². The molecule has 0 heterocycles. The minimum absolute atomic E-state index is 0.0465. The number of benzene rings is 2. The number of nitrogens with two attached hydrogens (primary N) is 1. The van der Waals surface area contributed by atoms with Crippen LogP contribution < -0.4 is 11.1 Å². The monoisotopic (exact) mass is 260 g/mol. The van der Waals surface area contributed by atoms with Crippen LogP contribution in [-0.2, 0) is 0 Å². The van der Waals surface area contributed by atoms with Gasteiger partial charge in [0, 0.05) is 23.5 Å². The molecule has 2 aromatic rings. The molecule has 3 nitrogen and oxygen atoms in total. The summed E-state index contributed by atoms with van der Waals surface area (Å²) in [5, 5.41) is 3.89. The normalized spacial score (nSPS) is 12.4. The Bertz CT molecular complexity index is 596. The van der Waals surface area contributed by atoms with E-state index in [1.165, 1.54) is 12.1 Å². The quantitative estimate of drug-likeness (QED) is 0.887. The molecule has 1 amide bonds. The van der Waals surface area contributed by atoms with Gasteiger partial charge in [0.2, 0.25) is 0 Å². The molecule has 4 heteroatoms. The number of nitrogens with one attached hydrogen (secondary N) is 1. The summed E-state index contributed by atoms with van der Waals surface area (Å²) in [5.74, 6) is -0.514. The number of carbonyl (C=O) groups excluding carboxylic acids is 1. The maximum absolute atomic E-state index is 13.6. The van der Waals surface area contributed by atoms with Crippen LogP contribution in [0.25, 0.3) is 10.8 Å². The van der Waals surface area contributed by atoms with Gasteiger partial charge in [-0.1, -0.05) is 24.3 Å². The molecule has 0 aliphatic carbocycles. The predicted molar refractivity (Wildman–Crippen MR) is 74.5 cm³/mol. The smallest absolute Gasteiger partial charge is 0.251 e. The van der Waals surface area contributed by atoms with Crippen molar-refractivity contribution in [1.29, 1.82) is 0 Å². The van der Waals surface area contributed by atoms with Crippen LogP contribution in [0, 0.1) is 5.82 Å². The van der Waals surface area contributed by atoms with Gasteiger partial charge in [-0.05, 0) is 30.9 Å². The lowest BCUT2D eigenvalue weighted by atomic mass is 10.0. The SMILES string of the molecule is CC(N)CCNC(=O)c1ccc(F)c2ccccc12. The van der Waals surface area contributed by atoms with Gasteiger partial charge in [-0.25, -0.2) is 4.39 Å². The van der Waals surface area contributed by atoms with Crippen molar-refractivity contribution >= 4 is 16.7 Å². The van der Waals surface area contributed by atoms with Gasteiger partial charge in [0.25, 0.3) is 5.91 Å². The average Bonchev–Trinajstić information content (AvgIpc) is 2.39.